The quantitative estimate of drug-likeness (QED) is 0.185. The molecule has 2 aromatic heterocycles. The molecule has 234 valence electrons. The van der Waals surface area contributed by atoms with Gasteiger partial charge in [0, 0.05) is 36.9 Å². The Balaban J connectivity index is 1.22. The summed E-state index contributed by atoms with van der Waals surface area (Å²) in [4.78, 5) is 10.5. The molecule has 2 nitrogen and oxygen atoms in total. The zero-order chi connectivity index (χ0) is 33.1. The van der Waals surface area contributed by atoms with Crippen LogP contribution in [-0.2, 0) is 5.41 Å². The molecule has 0 spiro atoms. The molecule has 0 saturated heterocycles. The number of nitrogens with zero attached hydrogens (tertiary/aromatic N) is 2. The molecular formula is C47H30N2S. The number of thiophene rings is 1. The Bertz CT molecular complexity index is 2660. The predicted molar refractivity (Wildman–Crippen MR) is 209 cm³/mol. The summed E-state index contributed by atoms with van der Waals surface area (Å²) in [6.07, 6.45) is 0. The van der Waals surface area contributed by atoms with E-state index in [9.17, 15) is 0 Å². The highest BCUT2D eigenvalue weighted by Gasteiger charge is 2.46. The normalized spacial score (nSPS) is 13.0. The van der Waals surface area contributed by atoms with Crippen LogP contribution in [0.25, 0.3) is 65.2 Å². The molecule has 7 aromatic carbocycles. The van der Waals surface area contributed by atoms with Crippen molar-refractivity contribution in [3.05, 3.63) is 204 Å². The molecule has 50 heavy (non-hydrogen) atoms. The summed E-state index contributed by atoms with van der Waals surface area (Å²) < 4.78 is 2.53. The fourth-order valence-corrected chi connectivity index (χ4v) is 9.23. The van der Waals surface area contributed by atoms with E-state index < -0.39 is 5.41 Å². The van der Waals surface area contributed by atoms with Crippen molar-refractivity contribution in [3.63, 3.8) is 0 Å². The Labute approximate surface area is 295 Å². The summed E-state index contributed by atoms with van der Waals surface area (Å²) in [5, 5.41) is 2.54. The summed E-state index contributed by atoms with van der Waals surface area (Å²) >= 11 is 1.83. The van der Waals surface area contributed by atoms with E-state index in [1.165, 1.54) is 53.6 Å². The fourth-order valence-electron chi connectivity index (χ4n) is 8.01. The van der Waals surface area contributed by atoms with Gasteiger partial charge >= 0.3 is 0 Å². The highest BCUT2D eigenvalue weighted by molar-refractivity contribution is 7.26. The lowest BCUT2D eigenvalue weighted by Gasteiger charge is -2.33. The second-order valence-corrected chi connectivity index (χ2v) is 13.9. The van der Waals surface area contributed by atoms with E-state index in [-0.39, 0.29) is 0 Å². The SMILES string of the molecule is c1ccc(-c2nc(-c3ccc4c(c3)-c3ccccc3C4(c3ccccc3)c3ccccc3)cc(-c3cccc4c3sc3ccccc34)n2)cc1. The van der Waals surface area contributed by atoms with Gasteiger partial charge in [-0.25, -0.2) is 9.97 Å². The van der Waals surface area contributed by atoms with Crippen LogP contribution in [0.4, 0.5) is 0 Å². The third-order valence-electron chi connectivity index (χ3n) is 10.2. The third-order valence-corrected chi connectivity index (χ3v) is 11.4. The lowest BCUT2D eigenvalue weighted by molar-refractivity contribution is 0.768. The summed E-state index contributed by atoms with van der Waals surface area (Å²) in [5.74, 6) is 0.722. The van der Waals surface area contributed by atoms with Gasteiger partial charge in [0.05, 0.1) is 16.8 Å². The molecule has 1 aliphatic carbocycles. The zero-order valence-electron chi connectivity index (χ0n) is 27.1. The molecule has 0 bridgehead atoms. The van der Waals surface area contributed by atoms with Crippen molar-refractivity contribution in [3.8, 4) is 45.0 Å². The molecular weight excluding hydrogens is 625 g/mol. The maximum absolute atomic E-state index is 5.25. The first-order valence-corrected chi connectivity index (χ1v) is 17.8. The van der Waals surface area contributed by atoms with E-state index in [2.05, 4.69) is 176 Å². The molecule has 0 radical (unpaired) electrons. The minimum absolute atomic E-state index is 0.435. The van der Waals surface area contributed by atoms with Gasteiger partial charge in [0.2, 0.25) is 0 Å². The highest BCUT2D eigenvalue weighted by Crippen LogP contribution is 2.56. The van der Waals surface area contributed by atoms with Gasteiger partial charge in [0.1, 0.15) is 0 Å². The minimum atomic E-state index is -0.435. The average Bonchev–Trinajstić information content (AvgIpc) is 3.73. The molecule has 0 fully saturated rings. The van der Waals surface area contributed by atoms with E-state index in [0.717, 1.165) is 33.9 Å². The number of rotatable bonds is 5. The van der Waals surface area contributed by atoms with Crippen molar-refractivity contribution in [2.24, 2.45) is 0 Å². The van der Waals surface area contributed by atoms with Crippen molar-refractivity contribution in [2.45, 2.75) is 5.41 Å². The molecule has 1 aliphatic rings. The van der Waals surface area contributed by atoms with Crippen LogP contribution in [0.3, 0.4) is 0 Å². The van der Waals surface area contributed by atoms with Crippen molar-refractivity contribution in [1.82, 2.24) is 9.97 Å². The monoisotopic (exact) mass is 654 g/mol. The van der Waals surface area contributed by atoms with E-state index in [1.54, 1.807) is 0 Å². The average molecular weight is 655 g/mol. The topological polar surface area (TPSA) is 25.8 Å². The van der Waals surface area contributed by atoms with Gasteiger partial charge in [0.15, 0.2) is 5.82 Å². The smallest absolute Gasteiger partial charge is 0.160 e. The van der Waals surface area contributed by atoms with Crippen LogP contribution < -0.4 is 0 Å². The fraction of sp³-hybridized carbons (Fsp3) is 0.0213. The number of hydrogen-bond donors (Lipinski definition) is 0. The van der Waals surface area contributed by atoms with Gasteiger partial charge < -0.3 is 0 Å². The van der Waals surface area contributed by atoms with E-state index in [1.807, 2.05) is 17.4 Å². The first kappa shape index (κ1) is 28.8. The largest absolute Gasteiger partial charge is 0.228 e. The Hall–Kier alpha value is -6.16. The number of benzene rings is 7. The number of aromatic nitrogens is 2. The van der Waals surface area contributed by atoms with Gasteiger partial charge in [-0.3, -0.25) is 0 Å². The van der Waals surface area contributed by atoms with E-state index >= 15 is 0 Å². The molecule has 0 atom stereocenters. The van der Waals surface area contributed by atoms with Crippen LogP contribution in [-0.4, -0.2) is 9.97 Å². The number of hydrogen-bond acceptors (Lipinski definition) is 3. The van der Waals surface area contributed by atoms with Gasteiger partial charge in [-0.1, -0.05) is 164 Å². The molecule has 0 saturated carbocycles. The van der Waals surface area contributed by atoms with Crippen molar-refractivity contribution < 1.29 is 0 Å². The van der Waals surface area contributed by atoms with Gasteiger partial charge in [-0.2, -0.15) is 0 Å². The van der Waals surface area contributed by atoms with E-state index in [0.29, 0.717) is 0 Å². The van der Waals surface area contributed by atoms with E-state index in [4.69, 9.17) is 9.97 Å². The third kappa shape index (κ3) is 4.34. The van der Waals surface area contributed by atoms with Crippen molar-refractivity contribution in [2.75, 3.05) is 0 Å². The Morgan fingerprint density at radius 1 is 0.400 bits per heavy atom. The lowest BCUT2D eigenvalue weighted by Crippen LogP contribution is -2.28. The standard InChI is InChI=1S/C47H30N2S/c1-4-15-31(16-5-1)46-48-42(30-43(49-46)38-24-14-23-37-36-22-11-13-26-44(36)50-45(37)38)32-27-28-41-39(29-32)35-21-10-12-25-40(35)47(41,33-17-6-2-7-18-33)34-19-8-3-9-20-34/h1-30H. The van der Waals surface area contributed by atoms with Crippen LogP contribution in [0.5, 0.6) is 0 Å². The molecule has 0 N–H and O–H groups in total. The molecule has 0 amide bonds. The van der Waals surface area contributed by atoms with Crippen LogP contribution in [0.15, 0.2) is 182 Å². The summed E-state index contributed by atoms with van der Waals surface area (Å²) in [5.41, 5.74) is 12.2. The van der Waals surface area contributed by atoms with Gasteiger partial charge in [-0.05, 0) is 51.6 Å². The first-order valence-electron chi connectivity index (χ1n) is 17.0. The first-order chi connectivity index (χ1) is 24.8. The molecule has 0 unspecified atom stereocenters. The lowest BCUT2D eigenvalue weighted by atomic mass is 9.67. The molecule has 9 aromatic rings. The molecule has 0 aliphatic heterocycles. The molecule has 3 heteroatoms. The maximum atomic E-state index is 5.25. The van der Waals surface area contributed by atoms with Crippen molar-refractivity contribution >= 4 is 31.5 Å². The Morgan fingerprint density at radius 3 is 1.78 bits per heavy atom. The minimum Gasteiger partial charge on any atom is -0.228 e. The zero-order valence-corrected chi connectivity index (χ0v) is 27.9. The predicted octanol–water partition coefficient (Wildman–Crippen LogP) is 12.2. The summed E-state index contributed by atoms with van der Waals surface area (Å²) in [6.45, 7) is 0. The Morgan fingerprint density at radius 2 is 1.00 bits per heavy atom. The Kier molecular flexibility index (Phi) is 6.61. The second kappa shape index (κ2) is 11.5. The van der Waals surface area contributed by atoms with Crippen LogP contribution in [0.1, 0.15) is 22.3 Å². The molecule has 2 heterocycles. The van der Waals surface area contributed by atoms with Crippen molar-refractivity contribution in [1.29, 1.82) is 0 Å². The molecule has 10 rings (SSSR count). The summed E-state index contributed by atoms with van der Waals surface area (Å²) in [6, 6.07) is 65.5. The second-order valence-electron chi connectivity index (χ2n) is 12.9. The number of fused-ring (bicyclic) bond motifs is 6. The summed E-state index contributed by atoms with van der Waals surface area (Å²) in [7, 11) is 0. The van der Waals surface area contributed by atoms with Gasteiger partial charge in [-0.15, -0.1) is 11.3 Å². The van der Waals surface area contributed by atoms with Crippen LogP contribution >= 0.6 is 11.3 Å². The van der Waals surface area contributed by atoms with Crippen LogP contribution in [0.2, 0.25) is 0 Å². The maximum Gasteiger partial charge on any atom is 0.160 e. The highest BCUT2D eigenvalue weighted by atomic mass is 32.1. The van der Waals surface area contributed by atoms with Gasteiger partial charge in [0.25, 0.3) is 0 Å². The van der Waals surface area contributed by atoms with Crippen LogP contribution in [0, 0.1) is 0 Å².